The summed E-state index contributed by atoms with van der Waals surface area (Å²) in [5.41, 5.74) is 13.3. The maximum absolute atomic E-state index is 13.1. The molecule has 1 aromatic carbocycles. The number of imidazole rings is 1. The molecule has 0 bridgehead atoms. The number of carbonyl (C=O) groups is 5. The first-order valence-electron chi connectivity index (χ1n) is 11.8. The van der Waals surface area contributed by atoms with Crippen molar-refractivity contribution in [1.29, 1.82) is 0 Å². The molecule has 3 atom stereocenters. The lowest BCUT2D eigenvalue weighted by Gasteiger charge is -2.21. The largest absolute Gasteiger partial charge is 0.480 e. The van der Waals surface area contributed by atoms with Crippen molar-refractivity contribution >= 4 is 40.5 Å². The SMILES string of the molecule is NC(=O)CCC(NC(=O)CNC(=O)C(Cc1c[nH]c2ccccc12)NC(=O)C(N)Cc1cnc[nH]1)C(=O)O. The van der Waals surface area contributed by atoms with Crippen LogP contribution in [0.4, 0.5) is 0 Å². The molecule has 2 heterocycles. The number of rotatable bonds is 14. The van der Waals surface area contributed by atoms with Gasteiger partial charge in [0.05, 0.1) is 18.9 Å². The van der Waals surface area contributed by atoms with Crippen molar-refractivity contribution in [3.05, 3.63) is 54.2 Å². The van der Waals surface area contributed by atoms with Crippen LogP contribution in [-0.4, -0.2) is 74.3 Å². The number of aromatic nitrogens is 3. The van der Waals surface area contributed by atoms with Crippen LogP contribution in [0.15, 0.2) is 43.0 Å². The number of hydrogen-bond acceptors (Lipinski definition) is 7. The molecule has 3 rings (SSSR count). The van der Waals surface area contributed by atoms with Gasteiger partial charge in [0, 0.05) is 48.3 Å². The molecule has 0 radical (unpaired) electrons. The van der Waals surface area contributed by atoms with Gasteiger partial charge in [-0.1, -0.05) is 18.2 Å². The number of aromatic amines is 2. The molecule has 3 aromatic rings. The number of H-pyrrole nitrogens is 2. The highest BCUT2D eigenvalue weighted by molar-refractivity contribution is 5.93. The van der Waals surface area contributed by atoms with E-state index in [1.54, 1.807) is 6.20 Å². The fourth-order valence-electron chi connectivity index (χ4n) is 3.81. The fourth-order valence-corrected chi connectivity index (χ4v) is 3.81. The average molecular weight is 527 g/mol. The summed E-state index contributed by atoms with van der Waals surface area (Å²) in [6, 6.07) is 4.02. The summed E-state index contributed by atoms with van der Waals surface area (Å²) in [6.07, 6.45) is 4.55. The maximum atomic E-state index is 13.1. The fraction of sp³-hybridized carbons (Fsp3) is 0.333. The molecule has 0 spiro atoms. The van der Waals surface area contributed by atoms with Crippen LogP contribution in [0.25, 0.3) is 10.9 Å². The van der Waals surface area contributed by atoms with Gasteiger partial charge >= 0.3 is 5.97 Å². The van der Waals surface area contributed by atoms with E-state index >= 15 is 0 Å². The molecule has 10 N–H and O–H groups in total. The van der Waals surface area contributed by atoms with Gasteiger partial charge in [0.15, 0.2) is 0 Å². The molecule has 4 amide bonds. The standard InChI is InChI=1S/C24H30N8O6/c25-16(8-14-10-27-12-30-14)22(35)32-19(7-13-9-28-17-4-2-1-3-15(13)17)23(36)29-11-21(34)31-18(24(37)38)5-6-20(26)33/h1-4,9-10,12,16,18-19,28H,5-8,11,25H2,(H2,26,33)(H,27,30)(H,29,36)(H,31,34)(H,32,35)(H,37,38). The normalized spacial score (nSPS) is 13.3. The van der Waals surface area contributed by atoms with Crippen molar-refractivity contribution in [2.24, 2.45) is 11.5 Å². The van der Waals surface area contributed by atoms with Crippen LogP contribution in [-0.2, 0) is 36.8 Å². The lowest BCUT2D eigenvalue weighted by Crippen LogP contribution is -2.54. The van der Waals surface area contributed by atoms with Gasteiger partial charge in [0.25, 0.3) is 0 Å². The van der Waals surface area contributed by atoms with E-state index < -0.39 is 54.3 Å². The van der Waals surface area contributed by atoms with Gasteiger partial charge in [-0.2, -0.15) is 0 Å². The van der Waals surface area contributed by atoms with E-state index in [2.05, 4.69) is 30.9 Å². The van der Waals surface area contributed by atoms with E-state index in [9.17, 15) is 29.1 Å². The van der Waals surface area contributed by atoms with E-state index in [-0.39, 0.29) is 25.7 Å². The van der Waals surface area contributed by atoms with E-state index in [1.807, 2.05) is 24.3 Å². The Balaban J connectivity index is 1.67. The van der Waals surface area contributed by atoms with Crippen molar-refractivity contribution in [2.45, 2.75) is 43.8 Å². The Morgan fingerprint density at radius 1 is 1.00 bits per heavy atom. The third-order valence-corrected chi connectivity index (χ3v) is 5.80. The minimum atomic E-state index is -1.35. The minimum Gasteiger partial charge on any atom is -0.480 e. The summed E-state index contributed by atoms with van der Waals surface area (Å²) in [6.45, 7) is -0.556. The number of aliphatic carboxylic acids is 1. The molecule has 14 heteroatoms. The smallest absolute Gasteiger partial charge is 0.326 e. The number of nitrogens with two attached hydrogens (primary N) is 2. The van der Waals surface area contributed by atoms with Crippen molar-refractivity contribution < 1.29 is 29.1 Å². The van der Waals surface area contributed by atoms with Crippen molar-refractivity contribution in [2.75, 3.05) is 6.54 Å². The van der Waals surface area contributed by atoms with Crippen LogP contribution in [0.3, 0.4) is 0 Å². The Kier molecular flexibility index (Phi) is 9.54. The molecule has 0 saturated heterocycles. The molecule has 38 heavy (non-hydrogen) atoms. The monoisotopic (exact) mass is 526 g/mol. The van der Waals surface area contributed by atoms with Crippen LogP contribution in [0.5, 0.6) is 0 Å². The maximum Gasteiger partial charge on any atom is 0.326 e. The quantitative estimate of drug-likeness (QED) is 0.122. The Hall–Kier alpha value is -4.72. The molecule has 0 fully saturated rings. The summed E-state index contributed by atoms with van der Waals surface area (Å²) in [7, 11) is 0. The molecule has 0 saturated carbocycles. The van der Waals surface area contributed by atoms with E-state index in [1.165, 1.54) is 12.5 Å². The summed E-state index contributed by atoms with van der Waals surface area (Å²) in [5.74, 6) is -4.09. The Morgan fingerprint density at radius 2 is 1.76 bits per heavy atom. The topological polar surface area (TPSA) is 238 Å². The number of carbonyl (C=O) groups excluding carboxylic acids is 4. The minimum absolute atomic E-state index is 0.0936. The van der Waals surface area contributed by atoms with Crippen LogP contribution in [0.2, 0.25) is 0 Å². The first-order valence-corrected chi connectivity index (χ1v) is 11.8. The lowest BCUT2D eigenvalue weighted by molar-refractivity contribution is -0.142. The van der Waals surface area contributed by atoms with Crippen LogP contribution in [0.1, 0.15) is 24.1 Å². The third kappa shape index (κ3) is 7.89. The molecule has 14 nitrogen and oxygen atoms in total. The van der Waals surface area contributed by atoms with Crippen LogP contribution >= 0.6 is 0 Å². The number of hydrogen-bond donors (Lipinski definition) is 8. The van der Waals surface area contributed by atoms with Crippen molar-refractivity contribution in [3.8, 4) is 0 Å². The number of amides is 4. The number of nitrogens with one attached hydrogen (secondary N) is 5. The van der Waals surface area contributed by atoms with E-state index in [4.69, 9.17) is 11.5 Å². The van der Waals surface area contributed by atoms with Gasteiger partial charge in [-0.3, -0.25) is 19.2 Å². The Labute approximate surface area is 216 Å². The summed E-state index contributed by atoms with van der Waals surface area (Å²) >= 11 is 0. The number of fused-ring (bicyclic) bond motifs is 1. The predicted octanol–water partition coefficient (Wildman–Crippen LogP) is -1.56. The highest BCUT2D eigenvalue weighted by atomic mass is 16.4. The predicted molar refractivity (Wildman–Crippen MR) is 135 cm³/mol. The Bertz CT molecular complexity index is 1290. The summed E-state index contributed by atoms with van der Waals surface area (Å²) < 4.78 is 0. The van der Waals surface area contributed by atoms with Crippen molar-refractivity contribution in [1.82, 2.24) is 30.9 Å². The zero-order valence-corrected chi connectivity index (χ0v) is 20.4. The van der Waals surface area contributed by atoms with Gasteiger partial charge in [-0.25, -0.2) is 9.78 Å². The highest BCUT2D eigenvalue weighted by Gasteiger charge is 2.27. The lowest BCUT2D eigenvalue weighted by atomic mass is 10.0. The van der Waals surface area contributed by atoms with Gasteiger partial charge in [-0.15, -0.1) is 0 Å². The zero-order chi connectivity index (χ0) is 27.7. The van der Waals surface area contributed by atoms with Gasteiger partial charge in [0.2, 0.25) is 23.6 Å². The van der Waals surface area contributed by atoms with Gasteiger partial charge in [0.1, 0.15) is 12.1 Å². The molecule has 2 aromatic heterocycles. The van der Waals surface area contributed by atoms with Gasteiger partial charge < -0.3 is 42.5 Å². The zero-order valence-electron chi connectivity index (χ0n) is 20.4. The number of benzene rings is 1. The number of carboxylic acid groups (broad SMARTS) is 1. The molecule has 3 unspecified atom stereocenters. The third-order valence-electron chi connectivity index (χ3n) is 5.80. The molecular weight excluding hydrogens is 496 g/mol. The molecule has 202 valence electrons. The number of primary amides is 1. The molecular formula is C24H30N8O6. The second kappa shape index (κ2) is 13.0. The van der Waals surface area contributed by atoms with E-state index in [0.717, 1.165) is 16.5 Å². The summed E-state index contributed by atoms with van der Waals surface area (Å²) in [5, 5.41) is 17.4. The molecule has 0 aliphatic carbocycles. The van der Waals surface area contributed by atoms with Gasteiger partial charge in [-0.05, 0) is 18.1 Å². The number of carboxylic acids is 1. The second-order valence-corrected chi connectivity index (χ2v) is 8.69. The first kappa shape index (κ1) is 27.9. The first-order chi connectivity index (χ1) is 18.1. The summed E-state index contributed by atoms with van der Waals surface area (Å²) in [4.78, 5) is 70.4. The second-order valence-electron chi connectivity index (χ2n) is 8.69. The number of para-hydroxylation sites is 1. The van der Waals surface area contributed by atoms with Crippen LogP contribution < -0.4 is 27.4 Å². The van der Waals surface area contributed by atoms with E-state index in [0.29, 0.717) is 5.69 Å². The average Bonchev–Trinajstić information content (AvgIpc) is 3.54. The highest BCUT2D eigenvalue weighted by Crippen LogP contribution is 2.19. The number of nitrogens with zero attached hydrogens (tertiary/aromatic N) is 1. The Morgan fingerprint density at radius 3 is 2.45 bits per heavy atom. The van der Waals surface area contributed by atoms with Crippen molar-refractivity contribution in [3.63, 3.8) is 0 Å². The van der Waals surface area contributed by atoms with Crippen LogP contribution in [0, 0.1) is 0 Å². The molecule has 0 aliphatic heterocycles. The molecule has 0 aliphatic rings.